The second kappa shape index (κ2) is 11.8. The molecule has 0 saturated carbocycles. The van der Waals surface area contributed by atoms with Gasteiger partial charge in [0.25, 0.3) is 5.91 Å². The van der Waals surface area contributed by atoms with Crippen molar-refractivity contribution in [3.05, 3.63) is 71.3 Å². The van der Waals surface area contributed by atoms with E-state index in [1.807, 2.05) is 6.07 Å². The van der Waals surface area contributed by atoms with Crippen LogP contribution in [-0.2, 0) is 9.53 Å². The van der Waals surface area contributed by atoms with Gasteiger partial charge in [-0.3, -0.25) is 9.59 Å². The molecule has 8 heteroatoms. The van der Waals surface area contributed by atoms with Crippen LogP contribution in [0.4, 0.5) is 4.79 Å². The molecule has 0 spiro atoms. The number of unbranched alkanes of at least 4 members (excludes halogenated alkanes) is 1. The van der Waals surface area contributed by atoms with E-state index in [2.05, 4.69) is 10.6 Å². The molecule has 0 heterocycles. The number of carbonyl (C=O) groups is 4. The van der Waals surface area contributed by atoms with Crippen LogP contribution in [0.1, 0.15) is 66.3 Å². The lowest BCUT2D eigenvalue weighted by atomic mass is 10.0. The van der Waals surface area contributed by atoms with Gasteiger partial charge in [-0.05, 0) is 52.2 Å². The Kier molecular flexibility index (Phi) is 9.15. The molecule has 33 heavy (non-hydrogen) atoms. The predicted octanol–water partition coefficient (Wildman–Crippen LogP) is 3.80. The summed E-state index contributed by atoms with van der Waals surface area (Å²) in [7, 11) is 0. The Morgan fingerprint density at radius 2 is 1.45 bits per heavy atom. The number of hydrogen-bond donors (Lipinski definition) is 3. The van der Waals surface area contributed by atoms with Gasteiger partial charge in [0.1, 0.15) is 11.6 Å². The third-order valence-electron chi connectivity index (χ3n) is 4.64. The molecule has 176 valence electrons. The van der Waals surface area contributed by atoms with Crippen LogP contribution in [-0.4, -0.2) is 47.0 Å². The van der Waals surface area contributed by atoms with Gasteiger partial charge in [-0.25, -0.2) is 9.59 Å². The molecule has 1 atom stereocenters. The van der Waals surface area contributed by atoms with Crippen LogP contribution in [0, 0.1) is 0 Å². The van der Waals surface area contributed by atoms with Crippen LogP contribution in [0.25, 0.3) is 0 Å². The summed E-state index contributed by atoms with van der Waals surface area (Å²) >= 11 is 0. The zero-order valence-electron chi connectivity index (χ0n) is 19.1. The molecule has 3 N–H and O–H groups in total. The van der Waals surface area contributed by atoms with E-state index >= 15 is 0 Å². The Morgan fingerprint density at radius 3 is 2.03 bits per heavy atom. The first kappa shape index (κ1) is 25.6. The number of hydrogen-bond acceptors (Lipinski definition) is 5. The monoisotopic (exact) mass is 454 g/mol. The first-order chi connectivity index (χ1) is 15.6. The zero-order chi connectivity index (χ0) is 24.4. The molecule has 0 saturated heterocycles. The van der Waals surface area contributed by atoms with Crippen molar-refractivity contribution in [3.63, 3.8) is 0 Å². The Balaban J connectivity index is 1.84. The number of carboxylic acid groups (broad SMARTS) is 1. The highest BCUT2D eigenvalue weighted by Gasteiger charge is 2.21. The third-order valence-corrected chi connectivity index (χ3v) is 4.64. The molecule has 2 aromatic carbocycles. The van der Waals surface area contributed by atoms with Gasteiger partial charge in [-0.2, -0.15) is 0 Å². The van der Waals surface area contributed by atoms with E-state index in [0.29, 0.717) is 30.5 Å². The van der Waals surface area contributed by atoms with Crippen molar-refractivity contribution in [1.29, 1.82) is 0 Å². The van der Waals surface area contributed by atoms with E-state index in [9.17, 15) is 24.3 Å². The second-order valence-corrected chi connectivity index (χ2v) is 8.56. The Hall–Kier alpha value is -3.68. The summed E-state index contributed by atoms with van der Waals surface area (Å²) < 4.78 is 5.13. The molecule has 0 aliphatic carbocycles. The van der Waals surface area contributed by atoms with Crippen LogP contribution in [0.2, 0.25) is 0 Å². The fourth-order valence-corrected chi connectivity index (χ4v) is 3.01. The minimum atomic E-state index is -1.14. The van der Waals surface area contributed by atoms with Crippen LogP contribution in [0.3, 0.4) is 0 Å². The molecule has 2 aromatic rings. The fraction of sp³-hybridized carbons (Fsp3) is 0.360. The third kappa shape index (κ3) is 8.76. The summed E-state index contributed by atoms with van der Waals surface area (Å²) in [6.45, 7) is 5.64. The lowest BCUT2D eigenvalue weighted by Crippen LogP contribution is -2.40. The van der Waals surface area contributed by atoms with Gasteiger partial charge in [0, 0.05) is 23.2 Å². The number of alkyl carbamates (subject to hydrolysis) is 1. The highest BCUT2D eigenvalue weighted by molar-refractivity contribution is 6.09. The molecule has 8 nitrogen and oxygen atoms in total. The van der Waals surface area contributed by atoms with Gasteiger partial charge in [-0.15, -0.1) is 0 Å². The highest BCUT2D eigenvalue weighted by atomic mass is 16.6. The van der Waals surface area contributed by atoms with E-state index in [4.69, 9.17) is 4.74 Å². The summed E-state index contributed by atoms with van der Waals surface area (Å²) in [5.41, 5.74) is 0.653. The SMILES string of the molecule is CC(C)(C)OC(=O)NCCCC[C@H](NC(=O)c1ccc(C(=O)c2ccccc2)cc1)C(=O)O. The van der Waals surface area contributed by atoms with Gasteiger partial charge in [-0.1, -0.05) is 42.5 Å². The van der Waals surface area contributed by atoms with Crippen LogP contribution in [0.15, 0.2) is 54.6 Å². The number of ether oxygens (including phenoxy) is 1. The first-order valence-corrected chi connectivity index (χ1v) is 10.8. The van der Waals surface area contributed by atoms with Crippen molar-refractivity contribution in [3.8, 4) is 0 Å². The molecule has 0 aromatic heterocycles. The minimum Gasteiger partial charge on any atom is -0.480 e. The Bertz CT molecular complexity index is 965. The normalized spacial score (nSPS) is 11.8. The largest absolute Gasteiger partial charge is 0.480 e. The molecule has 0 radical (unpaired) electrons. The topological polar surface area (TPSA) is 122 Å². The summed E-state index contributed by atoms with van der Waals surface area (Å²) in [5, 5.41) is 14.6. The Labute approximate surface area is 193 Å². The van der Waals surface area contributed by atoms with Gasteiger partial charge in [0.15, 0.2) is 5.78 Å². The number of aliphatic carboxylic acids is 1. The number of carboxylic acids is 1. The number of benzene rings is 2. The number of carbonyl (C=O) groups excluding carboxylic acids is 3. The molecule has 0 bridgehead atoms. The quantitative estimate of drug-likeness (QED) is 0.371. The van der Waals surface area contributed by atoms with Gasteiger partial charge < -0.3 is 20.5 Å². The van der Waals surface area contributed by atoms with Crippen molar-refractivity contribution in [1.82, 2.24) is 10.6 Å². The van der Waals surface area contributed by atoms with Crippen molar-refractivity contribution < 1.29 is 29.0 Å². The second-order valence-electron chi connectivity index (χ2n) is 8.56. The maximum atomic E-state index is 12.5. The fourth-order valence-electron chi connectivity index (χ4n) is 3.01. The molecule has 0 fully saturated rings. The van der Waals surface area contributed by atoms with Crippen LogP contribution in [0.5, 0.6) is 0 Å². The molecular formula is C25H30N2O6. The molecule has 0 unspecified atom stereocenters. The van der Waals surface area contributed by atoms with E-state index in [0.717, 1.165) is 0 Å². The summed E-state index contributed by atoms with van der Waals surface area (Å²) in [4.78, 5) is 48.1. The number of nitrogens with one attached hydrogen (secondary N) is 2. The highest BCUT2D eigenvalue weighted by Crippen LogP contribution is 2.12. The predicted molar refractivity (Wildman–Crippen MR) is 123 cm³/mol. The molecular weight excluding hydrogens is 424 g/mol. The van der Waals surface area contributed by atoms with Crippen molar-refractivity contribution in [2.24, 2.45) is 0 Å². The minimum absolute atomic E-state index is 0.161. The van der Waals surface area contributed by atoms with Crippen LogP contribution >= 0.6 is 0 Å². The average Bonchev–Trinajstić information content (AvgIpc) is 2.76. The maximum Gasteiger partial charge on any atom is 0.407 e. The van der Waals surface area contributed by atoms with Gasteiger partial charge in [0.05, 0.1) is 0 Å². The van der Waals surface area contributed by atoms with Crippen molar-refractivity contribution in [2.75, 3.05) is 6.54 Å². The maximum absolute atomic E-state index is 12.5. The lowest BCUT2D eigenvalue weighted by molar-refractivity contribution is -0.139. The standard InChI is InChI=1S/C25H30N2O6/c1-25(2,3)33-24(32)26-16-8-7-11-20(23(30)31)27-22(29)19-14-12-18(13-15-19)21(28)17-9-5-4-6-10-17/h4-6,9-10,12-15,20H,7-8,11,16H2,1-3H3,(H,26,32)(H,27,29)(H,30,31)/t20-/m0/s1. The number of rotatable bonds is 10. The van der Waals surface area contributed by atoms with E-state index in [-0.39, 0.29) is 17.8 Å². The summed E-state index contributed by atoms with van der Waals surface area (Å²) in [6, 6.07) is 13.8. The van der Waals surface area contributed by atoms with E-state index in [1.165, 1.54) is 12.1 Å². The number of amides is 2. The molecule has 0 aliphatic heterocycles. The van der Waals surface area contributed by atoms with Gasteiger partial charge >= 0.3 is 12.1 Å². The molecule has 2 amide bonds. The summed E-state index contributed by atoms with van der Waals surface area (Å²) in [5.74, 6) is -1.83. The van der Waals surface area contributed by atoms with Crippen molar-refractivity contribution >= 4 is 23.8 Å². The van der Waals surface area contributed by atoms with E-state index in [1.54, 1.807) is 57.2 Å². The van der Waals surface area contributed by atoms with Crippen molar-refractivity contribution in [2.45, 2.75) is 51.7 Å². The lowest BCUT2D eigenvalue weighted by Gasteiger charge is -2.19. The number of ketones is 1. The van der Waals surface area contributed by atoms with Crippen LogP contribution < -0.4 is 10.6 Å². The first-order valence-electron chi connectivity index (χ1n) is 10.8. The summed E-state index contributed by atoms with van der Waals surface area (Å²) in [6.07, 6.45) is 0.703. The molecule has 0 aliphatic rings. The smallest absolute Gasteiger partial charge is 0.407 e. The van der Waals surface area contributed by atoms with E-state index < -0.39 is 29.6 Å². The molecule has 2 rings (SSSR count). The van der Waals surface area contributed by atoms with Gasteiger partial charge in [0.2, 0.25) is 0 Å². The average molecular weight is 455 g/mol. The Morgan fingerprint density at radius 1 is 0.879 bits per heavy atom. The zero-order valence-corrected chi connectivity index (χ0v) is 19.1.